The number of aromatic nitrogens is 5. The monoisotopic (exact) mass is 393 g/mol. The van der Waals surface area contributed by atoms with Crippen molar-refractivity contribution in [2.75, 3.05) is 31.1 Å². The maximum Gasteiger partial charge on any atom is 0.283 e. The van der Waals surface area contributed by atoms with Crippen LogP contribution in [0.2, 0.25) is 0 Å². The van der Waals surface area contributed by atoms with Crippen LogP contribution in [0.3, 0.4) is 0 Å². The molecule has 1 fully saturated rings. The molecule has 0 atom stereocenters. The number of carbonyl (C=O) groups is 1. The van der Waals surface area contributed by atoms with Gasteiger partial charge in [0, 0.05) is 51.3 Å². The minimum absolute atomic E-state index is 0.0361. The quantitative estimate of drug-likeness (QED) is 0.645. The lowest BCUT2D eigenvalue weighted by Gasteiger charge is -2.34. The average molecular weight is 393 g/mol. The molecule has 3 aromatic heterocycles. The van der Waals surface area contributed by atoms with E-state index in [0.717, 1.165) is 12.8 Å². The first-order valence-electron chi connectivity index (χ1n) is 9.86. The second-order valence-corrected chi connectivity index (χ2v) is 6.94. The second-order valence-electron chi connectivity index (χ2n) is 6.94. The van der Waals surface area contributed by atoms with Crippen molar-refractivity contribution in [2.24, 2.45) is 0 Å². The van der Waals surface area contributed by atoms with Gasteiger partial charge in [0.15, 0.2) is 11.3 Å². The summed E-state index contributed by atoms with van der Waals surface area (Å²) in [5.74, 6) is 0.316. The zero-order valence-corrected chi connectivity index (χ0v) is 16.4. The molecule has 4 heterocycles. The molecule has 1 aliphatic rings. The molecule has 29 heavy (non-hydrogen) atoms. The molecule has 0 aromatic carbocycles. The molecule has 0 radical (unpaired) electrons. The molecule has 4 rings (SSSR count). The summed E-state index contributed by atoms with van der Waals surface area (Å²) in [6, 6.07) is 5.32. The summed E-state index contributed by atoms with van der Waals surface area (Å²) in [7, 11) is 0. The summed E-state index contributed by atoms with van der Waals surface area (Å²) in [6.45, 7) is 4.76. The highest BCUT2D eigenvalue weighted by atomic mass is 16.2. The molecule has 1 amide bonds. The first-order chi connectivity index (χ1) is 14.2. The van der Waals surface area contributed by atoms with Crippen molar-refractivity contribution in [3.05, 3.63) is 52.8 Å². The van der Waals surface area contributed by atoms with Crippen molar-refractivity contribution in [3.63, 3.8) is 0 Å². The minimum atomic E-state index is -0.372. The van der Waals surface area contributed by atoms with Crippen molar-refractivity contribution in [3.8, 4) is 0 Å². The molecule has 0 spiro atoms. The number of aryl methyl sites for hydroxylation is 1. The normalized spacial score (nSPS) is 14.4. The fraction of sp³-hybridized carbons (Fsp3) is 0.400. The molecule has 0 aliphatic carbocycles. The molecular formula is C20H23N7O2. The fourth-order valence-electron chi connectivity index (χ4n) is 3.45. The fourth-order valence-corrected chi connectivity index (χ4v) is 3.45. The molecule has 9 nitrogen and oxygen atoms in total. The molecule has 1 saturated heterocycles. The lowest BCUT2D eigenvalue weighted by molar-refractivity contribution is 0.0738. The third-order valence-electron chi connectivity index (χ3n) is 5.04. The number of unbranched alkanes of at least 4 members (excludes halogenated alkanes) is 1. The van der Waals surface area contributed by atoms with Crippen LogP contribution in [0.1, 0.15) is 30.3 Å². The summed E-state index contributed by atoms with van der Waals surface area (Å²) in [5.41, 5.74) is 0.672. The van der Waals surface area contributed by atoms with Crippen LogP contribution in [0.5, 0.6) is 0 Å². The third kappa shape index (κ3) is 3.80. The average Bonchev–Trinajstić information content (AvgIpc) is 2.78. The summed E-state index contributed by atoms with van der Waals surface area (Å²) < 4.78 is 1.58. The standard InChI is InChI=1S/C20H23N7O2/c1-2-3-10-27-17-15(6-4-7-21-17)24-16(19(27)29)18(28)25-11-13-26(14-12-25)20-22-8-5-9-23-20/h4-9H,2-3,10-14H2,1H3. The Hall–Kier alpha value is -3.36. The number of amides is 1. The van der Waals surface area contributed by atoms with Crippen LogP contribution in [0.15, 0.2) is 41.6 Å². The van der Waals surface area contributed by atoms with Gasteiger partial charge in [0.25, 0.3) is 11.5 Å². The van der Waals surface area contributed by atoms with Gasteiger partial charge in [0.05, 0.1) is 0 Å². The summed E-state index contributed by atoms with van der Waals surface area (Å²) >= 11 is 0. The van der Waals surface area contributed by atoms with E-state index in [-0.39, 0.29) is 17.2 Å². The highest BCUT2D eigenvalue weighted by molar-refractivity contribution is 5.93. The SMILES string of the molecule is CCCCn1c(=O)c(C(=O)N2CCN(c3ncccn3)CC2)nc2cccnc21. The maximum atomic E-state index is 13.1. The van der Waals surface area contributed by atoms with E-state index in [1.54, 1.807) is 46.3 Å². The van der Waals surface area contributed by atoms with Crippen molar-refractivity contribution < 1.29 is 4.79 Å². The van der Waals surface area contributed by atoms with E-state index >= 15 is 0 Å². The highest BCUT2D eigenvalue weighted by Crippen LogP contribution is 2.13. The van der Waals surface area contributed by atoms with Crippen LogP contribution >= 0.6 is 0 Å². The molecular weight excluding hydrogens is 370 g/mol. The van der Waals surface area contributed by atoms with Crippen molar-refractivity contribution >= 4 is 23.0 Å². The molecule has 9 heteroatoms. The first-order valence-corrected chi connectivity index (χ1v) is 9.86. The van der Waals surface area contributed by atoms with Gasteiger partial charge in [0.1, 0.15) is 5.52 Å². The number of hydrogen-bond acceptors (Lipinski definition) is 7. The van der Waals surface area contributed by atoms with Gasteiger partial charge in [-0.2, -0.15) is 0 Å². The summed E-state index contributed by atoms with van der Waals surface area (Å²) in [6.07, 6.45) is 6.81. The number of piperazine rings is 1. The molecule has 150 valence electrons. The number of hydrogen-bond donors (Lipinski definition) is 0. The predicted molar refractivity (Wildman–Crippen MR) is 109 cm³/mol. The molecule has 3 aromatic rings. The Labute approximate surface area is 168 Å². The Morgan fingerprint density at radius 1 is 1.03 bits per heavy atom. The Bertz CT molecular complexity index is 1060. The number of pyridine rings is 1. The van der Waals surface area contributed by atoms with Crippen molar-refractivity contribution in [2.45, 2.75) is 26.3 Å². The molecule has 0 N–H and O–H groups in total. The van der Waals surface area contributed by atoms with Crippen molar-refractivity contribution in [1.29, 1.82) is 0 Å². The smallest absolute Gasteiger partial charge is 0.283 e. The van der Waals surface area contributed by atoms with E-state index in [2.05, 4.69) is 26.9 Å². The van der Waals surface area contributed by atoms with E-state index in [1.807, 2.05) is 4.90 Å². The first kappa shape index (κ1) is 19.0. The number of nitrogens with zero attached hydrogens (tertiary/aromatic N) is 7. The Morgan fingerprint density at radius 3 is 2.48 bits per heavy atom. The molecule has 1 aliphatic heterocycles. The highest BCUT2D eigenvalue weighted by Gasteiger charge is 2.27. The number of rotatable bonds is 5. The van der Waals surface area contributed by atoms with Gasteiger partial charge in [0.2, 0.25) is 5.95 Å². The molecule has 0 saturated carbocycles. The van der Waals surface area contributed by atoms with Gasteiger partial charge in [-0.05, 0) is 24.6 Å². The van der Waals surface area contributed by atoms with Gasteiger partial charge in [-0.15, -0.1) is 0 Å². The van der Waals surface area contributed by atoms with Gasteiger partial charge >= 0.3 is 0 Å². The van der Waals surface area contributed by atoms with Crippen LogP contribution in [-0.2, 0) is 6.54 Å². The lowest BCUT2D eigenvalue weighted by Crippen LogP contribution is -2.50. The Kier molecular flexibility index (Phi) is 5.46. The van der Waals surface area contributed by atoms with Crippen LogP contribution < -0.4 is 10.5 Å². The van der Waals surface area contributed by atoms with Crippen LogP contribution in [0, 0.1) is 0 Å². The lowest BCUT2D eigenvalue weighted by atomic mass is 10.2. The second kappa shape index (κ2) is 8.34. The number of fused-ring (bicyclic) bond motifs is 1. The van der Waals surface area contributed by atoms with Gasteiger partial charge in [-0.1, -0.05) is 13.3 Å². The Balaban J connectivity index is 1.59. The maximum absolute atomic E-state index is 13.1. The van der Waals surface area contributed by atoms with Crippen LogP contribution in [0.4, 0.5) is 5.95 Å². The summed E-state index contributed by atoms with van der Waals surface area (Å²) in [4.78, 5) is 47.1. The van der Waals surface area contributed by atoms with Gasteiger partial charge in [-0.25, -0.2) is 19.9 Å². The number of anilines is 1. The minimum Gasteiger partial charge on any atom is -0.337 e. The molecule has 0 bridgehead atoms. The van der Waals surface area contributed by atoms with Crippen LogP contribution in [0.25, 0.3) is 11.2 Å². The Morgan fingerprint density at radius 2 is 1.76 bits per heavy atom. The van der Waals surface area contributed by atoms with E-state index in [1.165, 1.54) is 0 Å². The molecule has 0 unspecified atom stereocenters. The zero-order chi connectivity index (χ0) is 20.2. The summed E-state index contributed by atoms with van der Waals surface area (Å²) in [5, 5.41) is 0. The van der Waals surface area contributed by atoms with E-state index in [4.69, 9.17) is 0 Å². The van der Waals surface area contributed by atoms with Gasteiger partial charge < -0.3 is 9.80 Å². The van der Waals surface area contributed by atoms with E-state index in [0.29, 0.717) is 49.8 Å². The van der Waals surface area contributed by atoms with Gasteiger partial charge in [-0.3, -0.25) is 14.2 Å². The predicted octanol–water partition coefficient (Wildman–Crippen LogP) is 1.34. The van der Waals surface area contributed by atoms with E-state index in [9.17, 15) is 9.59 Å². The topological polar surface area (TPSA) is 97.1 Å². The zero-order valence-electron chi connectivity index (χ0n) is 16.4. The van der Waals surface area contributed by atoms with Crippen LogP contribution in [-0.4, -0.2) is 61.5 Å². The van der Waals surface area contributed by atoms with Crippen molar-refractivity contribution in [1.82, 2.24) is 29.4 Å². The number of carbonyl (C=O) groups excluding carboxylic acids is 1. The largest absolute Gasteiger partial charge is 0.337 e. The third-order valence-corrected chi connectivity index (χ3v) is 5.04. The van der Waals surface area contributed by atoms with E-state index < -0.39 is 0 Å².